The van der Waals surface area contributed by atoms with Crippen molar-refractivity contribution >= 4 is 17.7 Å². The number of nitrogens with two attached hydrogens (primary N) is 1. The number of nitrogens with zero attached hydrogens (tertiary/aromatic N) is 3. The standard InChI is InChI=1S/C18H23N5O/c1-13-10-16(22-18(19)20-13)21-15-11-17(24)23(12-15)9-5-8-14-6-3-2-4-7-14/h2-4,6-7,10,15H,5,8-9,11-12H2,1H3,(H3,19,20,21,22)/t15-/m0/s1. The Kier molecular flexibility index (Phi) is 4.93. The summed E-state index contributed by atoms with van der Waals surface area (Å²) in [6, 6.07) is 12.3. The lowest BCUT2D eigenvalue weighted by molar-refractivity contribution is -0.127. The largest absolute Gasteiger partial charge is 0.368 e. The zero-order valence-electron chi connectivity index (χ0n) is 13.9. The molecular weight excluding hydrogens is 302 g/mol. The molecule has 0 spiro atoms. The van der Waals surface area contributed by atoms with E-state index in [1.807, 2.05) is 36.1 Å². The zero-order chi connectivity index (χ0) is 16.9. The van der Waals surface area contributed by atoms with Gasteiger partial charge in [-0.1, -0.05) is 30.3 Å². The fourth-order valence-corrected chi connectivity index (χ4v) is 3.08. The third kappa shape index (κ3) is 4.22. The minimum absolute atomic E-state index is 0.0722. The molecule has 0 aliphatic carbocycles. The van der Waals surface area contributed by atoms with E-state index in [9.17, 15) is 4.79 Å². The monoisotopic (exact) mass is 325 g/mol. The van der Waals surface area contributed by atoms with Gasteiger partial charge >= 0.3 is 0 Å². The maximum Gasteiger partial charge on any atom is 0.224 e. The van der Waals surface area contributed by atoms with E-state index in [2.05, 4.69) is 27.4 Å². The summed E-state index contributed by atoms with van der Waals surface area (Å²) in [7, 11) is 0. The van der Waals surface area contributed by atoms with Crippen LogP contribution in [0.5, 0.6) is 0 Å². The fourth-order valence-electron chi connectivity index (χ4n) is 3.08. The number of amides is 1. The van der Waals surface area contributed by atoms with Crippen molar-refractivity contribution in [1.82, 2.24) is 14.9 Å². The summed E-state index contributed by atoms with van der Waals surface area (Å²) in [6.45, 7) is 3.37. The van der Waals surface area contributed by atoms with Gasteiger partial charge in [0.05, 0.1) is 6.04 Å². The first kappa shape index (κ1) is 16.2. The fraction of sp³-hybridized carbons (Fsp3) is 0.389. The van der Waals surface area contributed by atoms with E-state index in [1.165, 1.54) is 5.56 Å². The van der Waals surface area contributed by atoms with E-state index in [4.69, 9.17) is 5.73 Å². The molecule has 0 bridgehead atoms. The Morgan fingerprint density at radius 1 is 1.29 bits per heavy atom. The summed E-state index contributed by atoms with van der Waals surface area (Å²) in [5.74, 6) is 1.13. The third-order valence-corrected chi connectivity index (χ3v) is 4.17. The average molecular weight is 325 g/mol. The van der Waals surface area contributed by atoms with E-state index >= 15 is 0 Å². The van der Waals surface area contributed by atoms with Crippen molar-refractivity contribution in [2.24, 2.45) is 0 Å². The summed E-state index contributed by atoms with van der Waals surface area (Å²) in [5, 5.41) is 3.30. The zero-order valence-corrected chi connectivity index (χ0v) is 13.9. The van der Waals surface area contributed by atoms with Crippen LogP contribution in [0.25, 0.3) is 0 Å². The number of nitrogen functional groups attached to an aromatic ring is 1. The van der Waals surface area contributed by atoms with Crippen molar-refractivity contribution in [3.8, 4) is 0 Å². The summed E-state index contributed by atoms with van der Waals surface area (Å²) < 4.78 is 0. The molecule has 1 aromatic carbocycles. The minimum Gasteiger partial charge on any atom is -0.368 e. The molecule has 2 aromatic rings. The lowest BCUT2D eigenvalue weighted by atomic mass is 10.1. The number of carbonyl (C=O) groups is 1. The van der Waals surface area contributed by atoms with Gasteiger partial charge in [0.15, 0.2) is 0 Å². The van der Waals surface area contributed by atoms with Crippen LogP contribution >= 0.6 is 0 Å². The Morgan fingerprint density at radius 3 is 2.83 bits per heavy atom. The van der Waals surface area contributed by atoms with E-state index in [1.54, 1.807) is 0 Å². The first-order chi connectivity index (χ1) is 11.6. The maximum atomic E-state index is 12.2. The smallest absolute Gasteiger partial charge is 0.224 e. The molecule has 3 N–H and O–H groups in total. The van der Waals surface area contributed by atoms with Crippen LogP contribution < -0.4 is 11.1 Å². The molecule has 1 atom stereocenters. The highest BCUT2D eigenvalue weighted by Gasteiger charge is 2.29. The molecule has 6 heteroatoms. The normalized spacial score (nSPS) is 17.3. The second-order valence-corrected chi connectivity index (χ2v) is 6.23. The van der Waals surface area contributed by atoms with E-state index in [0.29, 0.717) is 18.8 Å². The first-order valence-corrected chi connectivity index (χ1v) is 8.29. The number of hydrogen-bond donors (Lipinski definition) is 2. The second-order valence-electron chi connectivity index (χ2n) is 6.23. The van der Waals surface area contributed by atoms with Gasteiger partial charge in [0.25, 0.3) is 0 Å². The summed E-state index contributed by atoms with van der Waals surface area (Å²) >= 11 is 0. The van der Waals surface area contributed by atoms with Gasteiger partial charge in [-0.2, -0.15) is 4.98 Å². The average Bonchev–Trinajstić information content (AvgIpc) is 2.87. The number of hydrogen-bond acceptors (Lipinski definition) is 5. The van der Waals surface area contributed by atoms with Gasteiger partial charge in [-0.25, -0.2) is 4.98 Å². The molecule has 1 aromatic heterocycles. The highest BCUT2D eigenvalue weighted by Crippen LogP contribution is 2.17. The van der Waals surface area contributed by atoms with Crippen LogP contribution in [-0.4, -0.2) is 39.9 Å². The van der Waals surface area contributed by atoms with Crippen LogP contribution in [-0.2, 0) is 11.2 Å². The molecule has 24 heavy (non-hydrogen) atoms. The van der Waals surface area contributed by atoms with E-state index in [-0.39, 0.29) is 17.9 Å². The van der Waals surface area contributed by atoms with Crippen molar-refractivity contribution in [2.75, 3.05) is 24.1 Å². The molecule has 126 valence electrons. The number of nitrogens with one attached hydrogen (secondary N) is 1. The van der Waals surface area contributed by atoms with Crippen molar-refractivity contribution in [3.05, 3.63) is 47.7 Å². The summed E-state index contributed by atoms with van der Waals surface area (Å²) in [6.07, 6.45) is 2.46. The van der Waals surface area contributed by atoms with Gasteiger partial charge in [0.1, 0.15) is 5.82 Å². The van der Waals surface area contributed by atoms with Crippen LogP contribution in [0.3, 0.4) is 0 Å². The number of benzene rings is 1. The van der Waals surface area contributed by atoms with Gasteiger partial charge in [-0.15, -0.1) is 0 Å². The molecule has 1 saturated heterocycles. The number of aromatic nitrogens is 2. The van der Waals surface area contributed by atoms with E-state index in [0.717, 1.165) is 25.1 Å². The summed E-state index contributed by atoms with van der Waals surface area (Å²) in [5.41, 5.74) is 7.79. The molecule has 1 amide bonds. The van der Waals surface area contributed by atoms with Gasteiger partial charge in [-0.3, -0.25) is 4.79 Å². The second kappa shape index (κ2) is 7.29. The number of rotatable bonds is 6. The molecular formula is C18H23N5O. The topological polar surface area (TPSA) is 84.1 Å². The number of anilines is 2. The van der Waals surface area contributed by atoms with Crippen molar-refractivity contribution in [1.29, 1.82) is 0 Å². The molecule has 1 aliphatic rings. The predicted molar refractivity (Wildman–Crippen MR) is 94.6 cm³/mol. The summed E-state index contributed by atoms with van der Waals surface area (Å²) in [4.78, 5) is 22.3. The van der Waals surface area contributed by atoms with Crippen molar-refractivity contribution < 1.29 is 4.79 Å². The van der Waals surface area contributed by atoms with Crippen LogP contribution in [0.2, 0.25) is 0 Å². The number of aryl methyl sites for hydroxylation is 2. The molecule has 1 aliphatic heterocycles. The maximum absolute atomic E-state index is 12.2. The Morgan fingerprint density at radius 2 is 2.08 bits per heavy atom. The molecule has 3 rings (SSSR count). The SMILES string of the molecule is Cc1cc(N[C@H]2CC(=O)N(CCCc3ccccc3)C2)nc(N)n1. The Hall–Kier alpha value is -2.63. The van der Waals surface area contributed by atoms with Gasteiger partial charge in [0, 0.05) is 31.3 Å². The quantitative estimate of drug-likeness (QED) is 0.849. The van der Waals surface area contributed by atoms with Crippen molar-refractivity contribution in [3.63, 3.8) is 0 Å². The predicted octanol–water partition coefficient (Wildman–Crippen LogP) is 2.01. The molecule has 0 saturated carbocycles. The highest BCUT2D eigenvalue weighted by molar-refractivity contribution is 5.80. The molecule has 0 unspecified atom stereocenters. The lowest BCUT2D eigenvalue weighted by Gasteiger charge is -2.17. The van der Waals surface area contributed by atoms with E-state index < -0.39 is 0 Å². The van der Waals surface area contributed by atoms with Crippen LogP contribution in [0, 0.1) is 6.92 Å². The number of carbonyl (C=O) groups excluding carboxylic acids is 1. The Balaban J connectivity index is 1.50. The molecule has 2 heterocycles. The number of likely N-dealkylation sites (tertiary alicyclic amines) is 1. The minimum atomic E-state index is 0.0722. The van der Waals surface area contributed by atoms with Crippen LogP contribution in [0.1, 0.15) is 24.1 Å². The lowest BCUT2D eigenvalue weighted by Crippen LogP contribution is -2.29. The Labute approximate surface area is 142 Å². The highest BCUT2D eigenvalue weighted by atomic mass is 16.2. The van der Waals surface area contributed by atoms with Gasteiger partial charge < -0.3 is 16.0 Å². The molecule has 1 fully saturated rings. The van der Waals surface area contributed by atoms with Crippen molar-refractivity contribution in [2.45, 2.75) is 32.2 Å². The van der Waals surface area contributed by atoms with Gasteiger partial charge in [-0.05, 0) is 25.3 Å². The van der Waals surface area contributed by atoms with Crippen LogP contribution in [0.4, 0.5) is 11.8 Å². The molecule has 0 radical (unpaired) electrons. The Bertz CT molecular complexity index is 684. The first-order valence-electron chi connectivity index (χ1n) is 8.29. The van der Waals surface area contributed by atoms with Crippen LogP contribution in [0.15, 0.2) is 36.4 Å². The third-order valence-electron chi connectivity index (χ3n) is 4.17. The van der Waals surface area contributed by atoms with Gasteiger partial charge in [0.2, 0.25) is 11.9 Å². The molecule has 6 nitrogen and oxygen atoms in total.